The number of aryl methyl sites for hydroxylation is 1. The van der Waals surface area contributed by atoms with E-state index < -0.39 is 11.6 Å². The normalized spacial score (nSPS) is 14.1. The molecule has 38 heavy (non-hydrogen) atoms. The number of phenols is 1. The van der Waals surface area contributed by atoms with Gasteiger partial charge in [-0.3, -0.25) is 9.36 Å². The van der Waals surface area contributed by atoms with E-state index in [0.29, 0.717) is 18.1 Å². The Kier molecular flexibility index (Phi) is 7.60. The molecule has 1 fully saturated rings. The average Bonchev–Trinajstić information content (AvgIpc) is 3.34. The number of anilines is 1. The fourth-order valence-corrected chi connectivity index (χ4v) is 4.85. The molecule has 0 amide bonds. The Labute approximate surface area is 221 Å². The van der Waals surface area contributed by atoms with Crippen molar-refractivity contribution in [3.63, 3.8) is 0 Å². The van der Waals surface area contributed by atoms with Gasteiger partial charge in [0.2, 0.25) is 0 Å². The highest BCUT2D eigenvalue weighted by Gasteiger charge is 2.18. The lowest BCUT2D eigenvalue weighted by atomic mass is 10.0. The number of nitrogens with zero attached hydrogens (tertiary/aromatic N) is 2. The lowest BCUT2D eigenvalue weighted by Crippen LogP contribution is -2.22. The van der Waals surface area contributed by atoms with Crippen molar-refractivity contribution in [3.8, 4) is 22.9 Å². The number of nitrogens with one attached hydrogen (secondary N) is 1. The first-order valence-corrected chi connectivity index (χ1v) is 13.1. The van der Waals surface area contributed by atoms with Gasteiger partial charge in [0.15, 0.2) is 17.3 Å². The summed E-state index contributed by atoms with van der Waals surface area (Å²) in [6.45, 7) is 6.25. The van der Waals surface area contributed by atoms with Crippen molar-refractivity contribution in [2.24, 2.45) is 5.92 Å². The second kappa shape index (κ2) is 11.2. The number of aromatic hydroxyl groups is 1. The van der Waals surface area contributed by atoms with E-state index in [1.54, 1.807) is 6.33 Å². The molecule has 2 heterocycles. The van der Waals surface area contributed by atoms with Crippen molar-refractivity contribution >= 4 is 22.5 Å². The van der Waals surface area contributed by atoms with Crippen LogP contribution in [0.3, 0.4) is 0 Å². The third-order valence-corrected chi connectivity index (χ3v) is 6.97. The molecule has 5 rings (SSSR count). The van der Waals surface area contributed by atoms with E-state index in [2.05, 4.69) is 5.32 Å². The number of aromatic nitrogens is 2. The second-order valence-corrected chi connectivity index (χ2v) is 9.78. The van der Waals surface area contributed by atoms with Gasteiger partial charge in [-0.15, -0.1) is 0 Å². The number of Topliss-reactive ketones (excluding diaryl/α,β-unsaturated/α-hetero) is 1. The van der Waals surface area contributed by atoms with Crippen LogP contribution in [-0.4, -0.2) is 40.2 Å². The summed E-state index contributed by atoms with van der Waals surface area (Å²) in [6.07, 6.45) is 5.08. The van der Waals surface area contributed by atoms with Gasteiger partial charge in [0.05, 0.1) is 11.2 Å². The number of hydrogen-bond acceptors (Lipinski definition) is 6. The topological polar surface area (TPSA) is 85.6 Å². The van der Waals surface area contributed by atoms with Gasteiger partial charge < -0.3 is 19.9 Å². The molecule has 0 atom stereocenters. The number of carbonyl (C=O) groups excluding carboxylic acids is 1. The zero-order chi connectivity index (χ0) is 26.6. The van der Waals surface area contributed by atoms with Gasteiger partial charge in [-0.1, -0.05) is 6.92 Å². The Morgan fingerprint density at radius 1 is 1.16 bits per heavy atom. The molecule has 0 radical (unpaired) electrons. The van der Waals surface area contributed by atoms with Gasteiger partial charge in [-0.25, -0.2) is 9.37 Å². The van der Waals surface area contributed by atoms with Crippen LogP contribution in [0.1, 0.15) is 48.5 Å². The number of rotatable bonds is 9. The molecule has 0 saturated carbocycles. The summed E-state index contributed by atoms with van der Waals surface area (Å²) < 4.78 is 27.4. The molecule has 1 aliphatic rings. The van der Waals surface area contributed by atoms with Crippen molar-refractivity contribution in [2.75, 3.05) is 25.1 Å². The minimum Gasteiger partial charge on any atom is -0.505 e. The molecule has 1 aromatic heterocycles. The van der Waals surface area contributed by atoms with E-state index in [4.69, 9.17) is 14.5 Å². The SMILES string of the molecule is CCCC(=O)c1ccc(-n2cnc3c(NCC4CCOCC4)cc(Oc4ccc(O)c(F)c4)cc32)cc1C. The molecule has 3 aromatic carbocycles. The fourth-order valence-electron chi connectivity index (χ4n) is 4.85. The summed E-state index contributed by atoms with van der Waals surface area (Å²) in [4.78, 5) is 17.2. The van der Waals surface area contributed by atoms with Crippen molar-refractivity contribution in [3.05, 3.63) is 71.8 Å². The molecule has 1 saturated heterocycles. The lowest BCUT2D eigenvalue weighted by molar-refractivity contribution is 0.0699. The van der Waals surface area contributed by atoms with Crippen LogP contribution in [0, 0.1) is 18.7 Å². The molecule has 8 heteroatoms. The molecular weight excluding hydrogens is 485 g/mol. The Morgan fingerprint density at radius 3 is 2.71 bits per heavy atom. The number of imidazole rings is 1. The number of benzene rings is 3. The number of fused-ring (bicyclic) bond motifs is 1. The smallest absolute Gasteiger partial charge is 0.168 e. The fraction of sp³-hybridized carbons (Fsp3) is 0.333. The zero-order valence-corrected chi connectivity index (χ0v) is 21.7. The zero-order valence-electron chi connectivity index (χ0n) is 21.7. The third-order valence-electron chi connectivity index (χ3n) is 6.97. The average molecular weight is 518 g/mol. The second-order valence-electron chi connectivity index (χ2n) is 9.78. The molecule has 7 nitrogen and oxygen atoms in total. The lowest BCUT2D eigenvalue weighted by Gasteiger charge is -2.23. The van der Waals surface area contributed by atoms with E-state index >= 15 is 0 Å². The molecule has 4 aromatic rings. The van der Waals surface area contributed by atoms with Gasteiger partial charge in [0.25, 0.3) is 0 Å². The maximum absolute atomic E-state index is 14.0. The number of ether oxygens (including phenoxy) is 2. The minimum absolute atomic E-state index is 0.142. The molecule has 1 aliphatic heterocycles. The van der Waals surface area contributed by atoms with Crippen LogP contribution in [0.5, 0.6) is 17.2 Å². The predicted molar refractivity (Wildman–Crippen MR) is 145 cm³/mol. The van der Waals surface area contributed by atoms with Crippen LogP contribution >= 0.6 is 0 Å². The highest BCUT2D eigenvalue weighted by atomic mass is 19.1. The highest BCUT2D eigenvalue weighted by molar-refractivity contribution is 5.98. The van der Waals surface area contributed by atoms with E-state index in [9.17, 15) is 14.3 Å². The van der Waals surface area contributed by atoms with Crippen molar-refractivity contribution in [1.29, 1.82) is 0 Å². The van der Waals surface area contributed by atoms with E-state index in [1.165, 1.54) is 12.1 Å². The van der Waals surface area contributed by atoms with Crippen LogP contribution in [0.2, 0.25) is 0 Å². The van der Waals surface area contributed by atoms with Crippen LogP contribution in [0.15, 0.2) is 54.9 Å². The van der Waals surface area contributed by atoms with Gasteiger partial charge in [0.1, 0.15) is 23.3 Å². The van der Waals surface area contributed by atoms with E-state index in [1.807, 2.05) is 48.7 Å². The predicted octanol–water partition coefficient (Wildman–Crippen LogP) is 6.79. The molecule has 0 aliphatic carbocycles. The third kappa shape index (κ3) is 5.50. The van der Waals surface area contributed by atoms with E-state index in [-0.39, 0.29) is 11.5 Å². The quantitative estimate of drug-likeness (QED) is 0.238. The summed E-state index contributed by atoms with van der Waals surface area (Å²) in [5, 5.41) is 13.1. The van der Waals surface area contributed by atoms with Crippen LogP contribution in [-0.2, 0) is 4.74 Å². The number of carbonyl (C=O) groups is 1. The molecule has 2 N–H and O–H groups in total. The standard InChI is InChI=1S/C30H32FN3O4/c1-3-4-28(35)24-7-5-21(13-19(24)2)34-18-33-30-26(32-17-20-9-11-37-12-10-20)15-23(16-27(30)34)38-22-6-8-29(36)25(31)14-22/h5-8,13-16,18,20,32,36H,3-4,9-12,17H2,1-2H3. The Balaban J connectivity index is 1.52. The van der Waals surface area contributed by atoms with Gasteiger partial charge in [-0.05, 0) is 68.0 Å². The van der Waals surface area contributed by atoms with Crippen molar-refractivity contribution < 1.29 is 23.8 Å². The Hall–Kier alpha value is -3.91. The van der Waals surface area contributed by atoms with E-state index in [0.717, 1.165) is 78.6 Å². The van der Waals surface area contributed by atoms with Crippen molar-refractivity contribution in [1.82, 2.24) is 9.55 Å². The molecular formula is C30H32FN3O4. The van der Waals surface area contributed by atoms with Crippen molar-refractivity contribution in [2.45, 2.75) is 39.5 Å². The van der Waals surface area contributed by atoms with Crippen LogP contribution < -0.4 is 10.1 Å². The number of halogens is 1. The first kappa shape index (κ1) is 25.7. The molecule has 0 unspecified atom stereocenters. The minimum atomic E-state index is -0.750. The van der Waals surface area contributed by atoms with Gasteiger partial charge in [-0.2, -0.15) is 0 Å². The largest absolute Gasteiger partial charge is 0.505 e. The first-order chi connectivity index (χ1) is 18.4. The summed E-state index contributed by atoms with van der Waals surface area (Å²) in [5.41, 5.74) is 4.92. The van der Waals surface area contributed by atoms with Crippen LogP contribution in [0.25, 0.3) is 16.7 Å². The Morgan fingerprint density at radius 2 is 1.97 bits per heavy atom. The van der Waals surface area contributed by atoms with Gasteiger partial charge >= 0.3 is 0 Å². The Bertz CT molecular complexity index is 1460. The summed E-state index contributed by atoms with van der Waals surface area (Å²) in [7, 11) is 0. The van der Waals surface area contributed by atoms with Crippen LogP contribution in [0.4, 0.5) is 10.1 Å². The molecule has 198 valence electrons. The van der Waals surface area contributed by atoms with Gasteiger partial charge in [0, 0.05) is 55.6 Å². The maximum Gasteiger partial charge on any atom is 0.168 e. The first-order valence-electron chi connectivity index (χ1n) is 13.1. The monoisotopic (exact) mass is 517 g/mol. The summed E-state index contributed by atoms with van der Waals surface area (Å²) >= 11 is 0. The number of ketones is 1. The summed E-state index contributed by atoms with van der Waals surface area (Å²) in [5.74, 6) is 0.234. The number of phenolic OH excluding ortho intramolecular Hbond substituents is 1. The molecule has 0 bridgehead atoms. The highest BCUT2D eigenvalue weighted by Crippen LogP contribution is 2.34. The maximum atomic E-state index is 14.0. The summed E-state index contributed by atoms with van der Waals surface area (Å²) in [6, 6.07) is 13.4. The molecule has 0 spiro atoms. The number of hydrogen-bond donors (Lipinski definition) is 2.